The van der Waals surface area contributed by atoms with Gasteiger partial charge in [-0.25, -0.2) is 4.39 Å². The molecular formula is C12H18ClFN2. The summed E-state index contributed by atoms with van der Waals surface area (Å²) in [4.78, 5) is 2.42. The van der Waals surface area contributed by atoms with Gasteiger partial charge < -0.3 is 5.32 Å². The third-order valence-corrected chi connectivity index (χ3v) is 3.05. The number of hydrogen-bond acceptors (Lipinski definition) is 2. The summed E-state index contributed by atoms with van der Waals surface area (Å²) in [5.41, 5.74) is 1.19. The number of nitrogens with one attached hydrogen (secondary N) is 1. The molecule has 0 unspecified atom stereocenters. The first kappa shape index (κ1) is 13.4. The van der Waals surface area contributed by atoms with Gasteiger partial charge in [0.25, 0.3) is 0 Å². The van der Waals surface area contributed by atoms with Crippen molar-refractivity contribution < 1.29 is 4.39 Å². The molecule has 0 radical (unpaired) electrons. The predicted molar refractivity (Wildman–Crippen MR) is 66.5 cm³/mol. The molecule has 1 N–H and O–H groups in total. The summed E-state index contributed by atoms with van der Waals surface area (Å²) in [5, 5.41) is 3.33. The van der Waals surface area contributed by atoms with Crippen LogP contribution in [0.3, 0.4) is 0 Å². The summed E-state index contributed by atoms with van der Waals surface area (Å²) in [7, 11) is 0. The van der Waals surface area contributed by atoms with E-state index in [2.05, 4.69) is 17.1 Å². The van der Waals surface area contributed by atoms with E-state index in [9.17, 15) is 4.39 Å². The average molecular weight is 245 g/mol. The van der Waals surface area contributed by atoms with Crippen molar-refractivity contribution in [1.29, 1.82) is 0 Å². The van der Waals surface area contributed by atoms with E-state index in [0.717, 1.165) is 26.2 Å². The normalized spacial score (nSPS) is 18.9. The van der Waals surface area contributed by atoms with Crippen molar-refractivity contribution in [3.8, 4) is 0 Å². The van der Waals surface area contributed by atoms with Crippen LogP contribution in [0, 0.1) is 5.82 Å². The molecule has 1 aliphatic heterocycles. The Bertz CT molecular complexity index is 309. The standard InChI is InChI=1S/C12H17FN2.ClH/c1-10(15-8-6-14-7-9-15)11-2-4-12(13)5-3-11;/h2-5,10,14H,6-9H2,1H3;1H/t10-;/m0./s1. The lowest BCUT2D eigenvalue weighted by atomic mass is 10.1. The highest BCUT2D eigenvalue weighted by Gasteiger charge is 2.17. The highest BCUT2D eigenvalue weighted by atomic mass is 35.5. The van der Waals surface area contributed by atoms with Gasteiger partial charge in [0.1, 0.15) is 5.82 Å². The van der Waals surface area contributed by atoms with Gasteiger partial charge in [-0.3, -0.25) is 4.90 Å². The predicted octanol–water partition coefficient (Wildman–Crippen LogP) is 2.21. The molecular weight excluding hydrogens is 227 g/mol. The molecule has 1 aromatic carbocycles. The van der Waals surface area contributed by atoms with Crippen LogP contribution in [0.5, 0.6) is 0 Å². The van der Waals surface area contributed by atoms with Gasteiger partial charge in [-0.1, -0.05) is 12.1 Å². The van der Waals surface area contributed by atoms with Crippen molar-refractivity contribution in [1.82, 2.24) is 10.2 Å². The molecule has 0 saturated carbocycles. The van der Waals surface area contributed by atoms with Gasteiger partial charge in [0, 0.05) is 32.2 Å². The maximum absolute atomic E-state index is 12.8. The van der Waals surface area contributed by atoms with Gasteiger partial charge in [-0.2, -0.15) is 0 Å². The molecule has 1 fully saturated rings. The van der Waals surface area contributed by atoms with Crippen LogP contribution in [0.25, 0.3) is 0 Å². The molecule has 1 heterocycles. The lowest BCUT2D eigenvalue weighted by Crippen LogP contribution is -2.44. The Kier molecular flexibility index (Phi) is 5.19. The number of rotatable bonds is 2. The third kappa shape index (κ3) is 3.17. The zero-order chi connectivity index (χ0) is 10.7. The van der Waals surface area contributed by atoms with Crippen LogP contribution in [0.1, 0.15) is 18.5 Å². The number of nitrogens with zero attached hydrogens (tertiary/aromatic N) is 1. The van der Waals surface area contributed by atoms with Crippen LogP contribution in [0.4, 0.5) is 4.39 Å². The topological polar surface area (TPSA) is 15.3 Å². The fourth-order valence-electron chi connectivity index (χ4n) is 2.02. The smallest absolute Gasteiger partial charge is 0.123 e. The van der Waals surface area contributed by atoms with Crippen molar-refractivity contribution >= 4 is 12.4 Å². The average Bonchev–Trinajstić information content (AvgIpc) is 2.30. The Morgan fingerprint density at radius 2 is 1.75 bits per heavy atom. The Morgan fingerprint density at radius 3 is 2.31 bits per heavy atom. The molecule has 0 bridgehead atoms. The van der Waals surface area contributed by atoms with E-state index in [1.165, 1.54) is 17.7 Å². The molecule has 4 heteroatoms. The fourth-order valence-corrected chi connectivity index (χ4v) is 2.02. The lowest BCUT2D eigenvalue weighted by molar-refractivity contribution is 0.185. The molecule has 2 rings (SSSR count). The second-order valence-corrected chi connectivity index (χ2v) is 4.01. The summed E-state index contributed by atoms with van der Waals surface area (Å²) in [6.07, 6.45) is 0. The molecule has 1 atom stereocenters. The van der Waals surface area contributed by atoms with Crippen molar-refractivity contribution in [2.24, 2.45) is 0 Å². The molecule has 0 aliphatic carbocycles. The number of piperazine rings is 1. The molecule has 1 aliphatic rings. The van der Waals surface area contributed by atoms with Crippen LogP contribution in [0.2, 0.25) is 0 Å². The van der Waals surface area contributed by atoms with E-state index in [1.807, 2.05) is 12.1 Å². The number of hydrogen-bond donors (Lipinski definition) is 1. The largest absolute Gasteiger partial charge is 0.314 e. The minimum Gasteiger partial charge on any atom is -0.314 e. The van der Waals surface area contributed by atoms with Gasteiger partial charge in [0.15, 0.2) is 0 Å². The molecule has 16 heavy (non-hydrogen) atoms. The molecule has 0 aromatic heterocycles. The summed E-state index contributed by atoms with van der Waals surface area (Å²) >= 11 is 0. The zero-order valence-corrected chi connectivity index (χ0v) is 10.3. The zero-order valence-electron chi connectivity index (χ0n) is 9.45. The highest BCUT2D eigenvalue weighted by molar-refractivity contribution is 5.85. The van der Waals surface area contributed by atoms with Crippen LogP contribution in [-0.2, 0) is 0 Å². The lowest BCUT2D eigenvalue weighted by Gasteiger charge is -2.33. The van der Waals surface area contributed by atoms with E-state index < -0.39 is 0 Å². The van der Waals surface area contributed by atoms with Gasteiger partial charge >= 0.3 is 0 Å². The maximum Gasteiger partial charge on any atom is 0.123 e. The Labute approximate surface area is 102 Å². The quantitative estimate of drug-likeness (QED) is 0.858. The van der Waals surface area contributed by atoms with E-state index >= 15 is 0 Å². The van der Waals surface area contributed by atoms with Gasteiger partial charge in [0.05, 0.1) is 0 Å². The Balaban J connectivity index is 0.00000128. The van der Waals surface area contributed by atoms with Crippen molar-refractivity contribution in [3.63, 3.8) is 0 Å². The van der Waals surface area contributed by atoms with Crippen molar-refractivity contribution in [2.45, 2.75) is 13.0 Å². The van der Waals surface area contributed by atoms with E-state index in [0.29, 0.717) is 6.04 Å². The van der Waals surface area contributed by atoms with E-state index in [-0.39, 0.29) is 18.2 Å². The Morgan fingerprint density at radius 1 is 1.19 bits per heavy atom. The summed E-state index contributed by atoms with van der Waals surface area (Å²) in [5.74, 6) is -0.161. The second kappa shape index (κ2) is 6.18. The molecule has 0 spiro atoms. The first-order chi connectivity index (χ1) is 7.27. The van der Waals surface area contributed by atoms with Crippen LogP contribution in [0.15, 0.2) is 24.3 Å². The Hall–Kier alpha value is -0.640. The fraction of sp³-hybridized carbons (Fsp3) is 0.500. The molecule has 1 saturated heterocycles. The summed E-state index contributed by atoms with van der Waals surface area (Å²) in [6, 6.07) is 7.21. The minimum atomic E-state index is -0.161. The van der Waals surface area contributed by atoms with Crippen LogP contribution >= 0.6 is 12.4 Å². The third-order valence-electron chi connectivity index (χ3n) is 3.05. The van der Waals surface area contributed by atoms with Crippen LogP contribution in [-0.4, -0.2) is 31.1 Å². The molecule has 90 valence electrons. The SMILES string of the molecule is C[C@@H](c1ccc(F)cc1)N1CCNCC1.Cl. The van der Waals surface area contributed by atoms with E-state index in [1.54, 1.807) is 0 Å². The first-order valence-corrected chi connectivity index (χ1v) is 5.47. The van der Waals surface area contributed by atoms with Crippen molar-refractivity contribution in [2.75, 3.05) is 26.2 Å². The number of benzene rings is 1. The summed E-state index contributed by atoms with van der Waals surface area (Å²) in [6.45, 7) is 6.41. The van der Waals surface area contributed by atoms with Gasteiger partial charge in [-0.15, -0.1) is 12.4 Å². The maximum atomic E-state index is 12.8. The van der Waals surface area contributed by atoms with Gasteiger partial charge in [-0.05, 0) is 24.6 Å². The first-order valence-electron chi connectivity index (χ1n) is 5.47. The molecule has 0 amide bonds. The van der Waals surface area contributed by atoms with Gasteiger partial charge in [0.2, 0.25) is 0 Å². The van der Waals surface area contributed by atoms with E-state index in [4.69, 9.17) is 0 Å². The molecule has 2 nitrogen and oxygen atoms in total. The number of halogens is 2. The van der Waals surface area contributed by atoms with Crippen molar-refractivity contribution in [3.05, 3.63) is 35.6 Å². The summed E-state index contributed by atoms with van der Waals surface area (Å²) < 4.78 is 12.8. The minimum absolute atomic E-state index is 0. The molecule has 1 aromatic rings. The highest BCUT2D eigenvalue weighted by Crippen LogP contribution is 2.20. The second-order valence-electron chi connectivity index (χ2n) is 4.01. The van der Waals surface area contributed by atoms with Crippen LogP contribution < -0.4 is 5.32 Å². The monoisotopic (exact) mass is 244 g/mol.